The van der Waals surface area contributed by atoms with E-state index in [0.717, 1.165) is 0 Å². The molecule has 0 radical (unpaired) electrons. The summed E-state index contributed by atoms with van der Waals surface area (Å²) in [4.78, 5) is 24.3. The maximum atomic E-state index is 12.5. The molecule has 5 nitrogen and oxygen atoms in total. The van der Waals surface area contributed by atoms with Gasteiger partial charge in [0.1, 0.15) is 5.75 Å². The number of methoxy groups -OCH3 is 1. The minimum Gasteiger partial charge on any atom is -0.479 e. The van der Waals surface area contributed by atoms with E-state index in [0.29, 0.717) is 22.9 Å². The second-order valence-electron chi connectivity index (χ2n) is 4.97. The molecular weight excluding hydrogens is 330 g/mol. The third-order valence-corrected chi connectivity index (χ3v) is 3.67. The van der Waals surface area contributed by atoms with Gasteiger partial charge in [0.25, 0.3) is 5.91 Å². The van der Waals surface area contributed by atoms with Crippen LogP contribution in [0.15, 0.2) is 48.5 Å². The third-order valence-electron chi connectivity index (χ3n) is 3.36. The normalized spacial score (nSPS) is 11.5. The Morgan fingerprint density at radius 3 is 2.46 bits per heavy atom. The van der Waals surface area contributed by atoms with Crippen molar-refractivity contribution in [2.75, 3.05) is 12.4 Å². The van der Waals surface area contributed by atoms with Crippen LogP contribution in [-0.4, -0.2) is 25.1 Å². The lowest BCUT2D eigenvalue weighted by Crippen LogP contribution is -2.33. The Labute approximate surface area is 145 Å². The van der Waals surface area contributed by atoms with Crippen molar-refractivity contribution in [3.05, 3.63) is 59.1 Å². The van der Waals surface area contributed by atoms with Crippen LogP contribution in [-0.2, 0) is 9.53 Å². The van der Waals surface area contributed by atoms with Gasteiger partial charge in [0.05, 0.1) is 23.4 Å². The average Bonchev–Trinajstić information content (AvgIpc) is 2.60. The first kappa shape index (κ1) is 17.8. The van der Waals surface area contributed by atoms with Gasteiger partial charge in [-0.2, -0.15) is 0 Å². The average molecular weight is 348 g/mol. The predicted molar refractivity (Wildman–Crippen MR) is 92.6 cm³/mol. The predicted octanol–water partition coefficient (Wildman–Crippen LogP) is 3.92. The van der Waals surface area contributed by atoms with Gasteiger partial charge in [0, 0.05) is 0 Å². The second-order valence-corrected chi connectivity index (χ2v) is 5.38. The van der Waals surface area contributed by atoms with Gasteiger partial charge < -0.3 is 14.8 Å². The highest BCUT2D eigenvalue weighted by molar-refractivity contribution is 6.32. The van der Waals surface area contributed by atoms with Crippen molar-refractivity contribution in [2.45, 2.75) is 19.4 Å². The lowest BCUT2D eigenvalue weighted by atomic mass is 10.1. The summed E-state index contributed by atoms with van der Waals surface area (Å²) < 4.78 is 10.4. The molecule has 0 aliphatic carbocycles. The van der Waals surface area contributed by atoms with Gasteiger partial charge in [-0.3, -0.25) is 4.79 Å². The lowest BCUT2D eigenvalue weighted by molar-refractivity contribution is -0.122. The Hall–Kier alpha value is -2.53. The van der Waals surface area contributed by atoms with Crippen LogP contribution in [0.2, 0.25) is 5.02 Å². The van der Waals surface area contributed by atoms with Gasteiger partial charge in [-0.05, 0) is 30.7 Å². The number of rotatable bonds is 6. The molecule has 0 aromatic heterocycles. The zero-order valence-electron chi connectivity index (χ0n) is 13.4. The summed E-state index contributed by atoms with van der Waals surface area (Å²) >= 11 is 6.06. The number of carbonyl (C=O) groups excluding carboxylic acids is 2. The summed E-state index contributed by atoms with van der Waals surface area (Å²) in [6.45, 7) is 1.83. The molecule has 1 amide bonds. The number of anilines is 1. The van der Waals surface area contributed by atoms with Gasteiger partial charge in [-0.1, -0.05) is 42.8 Å². The summed E-state index contributed by atoms with van der Waals surface area (Å²) in [5, 5.41) is 3.14. The molecule has 2 rings (SSSR count). The standard InChI is InChI=1S/C18H18ClNO4/c1-3-15(24-16-11-7-5-9-13(16)19)17(21)20-14-10-6-4-8-12(14)18(22)23-2/h4-11,15H,3H2,1-2H3,(H,20,21)/t15-/m0/s1. The molecule has 2 aromatic carbocycles. The number of nitrogens with one attached hydrogen (secondary N) is 1. The summed E-state index contributed by atoms with van der Waals surface area (Å²) in [5.74, 6) is -0.456. The molecule has 126 valence electrons. The van der Waals surface area contributed by atoms with Crippen molar-refractivity contribution >= 4 is 29.2 Å². The zero-order chi connectivity index (χ0) is 17.5. The number of carbonyl (C=O) groups is 2. The molecule has 0 spiro atoms. The van der Waals surface area contributed by atoms with Crippen LogP contribution in [0.1, 0.15) is 23.7 Å². The quantitative estimate of drug-likeness (QED) is 0.804. The number of hydrogen-bond acceptors (Lipinski definition) is 4. The largest absolute Gasteiger partial charge is 0.479 e. The van der Waals surface area contributed by atoms with Crippen LogP contribution in [0.25, 0.3) is 0 Å². The fraction of sp³-hybridized carbons (Fsp3) is 0.222. The topological polar surface area (TPSA) is 64.6 Å². The summed E-state index contributed by atoms with van der Waals surface area (Å²) in [5.41, 5.74) is 0.650. The maximum absolute atomic E-state index is 12.5. The molecule has 1 N–H and O–H groups in total. The van der Waals surface area contributed by atoms with Gasteiger partial charge in [0.15, 0.2) is 6.10 Å². The first-order chi connectivity index (χ1) is 11.6. The van der Waals surface area contributed by atoms with Crippen molar-refractivity contribution < 1.29 is 19.1 Å². The highest BCUT2D eigenvalue weighted by atomic mass is 35.5. The first-order valence-electron chi connectivity index (χ1n) is 7.46. The molecule has 6 heteroatoms. The van der Waals surface area contributed by atoms with Crippen molar-refractivity contribution in [2.24, 2.45) is 0 Å². The summed E-state index contributed by atoms with van der Waals surface area (Å²) in [6.07, 6.45) is -0.298. The molecule has 0 fully saturated rings. The van der Waals surface area contributed by atoms with E-state index < -0.39 is 12.1 Å². The smallest absolute Gasteiger partial charge is 0.339 e. The number of esters is 1. The molecule has 0 saturated carbocycles. The third kappa shape index (κ3) is 4.26. The van der Waals surface area contributed by atoms with E-state index in [4.69, 9.17) is 21.1 Å². The molecular formula is C18H18ClNO4. The summed E-state index contributed by atoms with van der Waals surface area (Å²) in [6, 6.07) is 13.6. The highest BCUT2D eigenvalue weighted by Gasteiger charge is 2.21. The molecule has 0 saturated heterocycles. The lowest BCUT2D eigenvalue weighted by Gasteiger charge is -2.18. The van der Waals surface area contributed by atoms with Crippen LogP contribution in [0.5, 0.6) is 5.75 Å². The molecule has 24 heavy (non-hydrogen) atoms. The van der Waals surface area contributed by atoms with Crippen molar-refractivity contribution in [3.63, 3.8) is 0 Å². The molecule has 0 bridgehead atoms. The van der Waals surface area contributed by atoms with E-state index in [9.17, 15) is 9.59 Å². The Kier molecular flexibility index (Phi) is 6.21. The van der Waals surface area contributed by atoms with E-state index in [1.807, 2.05) is 6.92 Å². The summed E-state index contributed by atoms with van der Waals surface area (Å²) in [7, 11) is 1.29. The molecule has 0 heterocycles. The molecule has 1 atom stereocenters. The maximum Gasteiger partial charge on any atom is 0.339 e. The van der Waals surface area contributed by atoms with E-state index in [2.05, 4.69) is 5.32 Å². The van der Waals surface area contributed by atoms with E-state index in [1.165, 1.54) is 7.11 Å². The number of benzene rings is 2. The Morgan fingerprint density at radius 2 is 1.79 bits per heavy atom. The van der Waals surface area contributed by atoms with Crippen LogP contribution >= 0.6 is 11.6 Å². The number of para-hydroxylation sites is 2. The molecule has 0 aliphatic heterocycles. The van der Waals surface area contributed by atoms with Crippen molar-refractivity contribution in [1.29, 1.82) is 0 Å². The van der Waals surface area contributed by atoms with Gasteiger partial charge in [-0.25, -0.2) is 4.79 Å². The SMILES string of the molecule is CC[C@H](Oc1ccccc1Cl)C(=O)Nc1ccccc1C(=O)OC. The monoisotopic (exact) mass is 347 g/mol. The number of halogens is 1. The Morgan fingerprint density at radius 1 is 1.12 bits per heavy atom. The fourth-order valence-corrected chi connectivity index (χ4v) is 2.29. The van der Waals surface area contributed by atoms with Crippen LogP contribution in [0.3, 0.4) is 0 Å². The number of hydrogen-bond donors (Lipinski definition) is 1. The van der Waals surface area contributed by atoms with Crippen LogP contribution < -0.4 is 10.1 Å². The van der Waals surface area contributed by atoms with Gasteiger partial charge >= 0.3 is 5.97 Å². The van der Waals surface area contributed by atoms with Gasteiger partial charge in [-0.15, -0.1) is 0 Å². The molecule has 0 aliphatic rings. The highest BCUT2D eigenvalue weighted by Crippen LogP contribution is 2.25. The van der Waals surface area contributed by atoms with E-state index >= 15 is 0 Å². The number of ether oxygens (including phenoxy) is 2. The van der Waals surface area contributed by atoms with Crippen molar-refractivity contribution in [3.8, 4) is 5.75 Å². The van der Waals surface area contributed by atoms with Crippen molar-refractivity contribution in [1.82, 2.24) is 0 Å². The van der Waals surface area contributed by atoms with E-state index in [1.54, 1.807) is 48.5 Å². The Balaban J connectivity index is 2.16. The molecule has 0 unspecified atom stereocenters. The fourth-order valence-electron chi connectivity index (χ4n) is 2.11. The zero-order valence-corrected chi connectivity index (χ0v) is 14.2. The van der Waals surface area contributed by atoms with E-state index in [-0.39, 0.29) is 11.5 Å². The molecule has 2 aromatic rings. The minimum atomic E-state index is -0.740. The first-order valence-corrected chi connectivity index (χ1v) is 7.84. The second kappa shape index (κ2) is 8.36. The number of amides is 1. The Bertz CT molecular complexity index is 732. The van der Waals surface area contributed by atoms with Gasteiger partial charge in [0.2, 0.25) is 0 Å². The van der Waals surface area contributed by atoms with Crippen LogP contribution in [0.4, 0.5) is 5.69 Å². The minimum absolute atomic E-state index is 0.279. The van der Waals surface area contributed by atoms with Crippen LogP contribution in [0, 0.1) is 0 Å².